The Morgan fingerprint density at radius 1 is 0.975 bits per heavy atom. The van der Waals surface area contributed by atoms with Gasteiger partial charge in [0.2, 0.25) is 5.91 Å². The molecule has 1 aliphatic heterocycles. The molecule has 2 amide bonds. The zero-order valence-corrected chi connectivity index (χ0v) is 23.2. The van der Waals surface area contributed by atoms with E-state index in [1.807, 2.05) is 26.8 Å². The monoisotopic (exact) mass is 565 g/mol. The Labute approximate surface area is 230 Å². The van der Waals surface area contributed by atoms with Crippen LogP contribution in [0.3, 0.4) is 0 Å². The lowest BCUT2D eigenvalue weighted by molar-refractivity contribution is -0.138. The molecule has 0 aromatic heterocycles. The molecule has 3 rings (SSSR count). The van der Waals surface area contributed by atoms with Gasteiger partial charge in [0, 0.05) is 24.8 Å². The Balaban J connectivity index is 1.67. The van der Waals surface area contributed by atoms with Gasteiger partial charge in [-0.25, -0.2) is 9.18 Å². The maximum Gasteiger partial charge on any atom is 0.416 e. The Morgan fingerprint density at radius 3 is 2.12 bits per heavy atom. The summed E-state index contributed by atoms with van der Waals surface area (Å²) in [6.45, 7) is 9.93. The fourth-order valence-corrected chi connectivity index (χ4v) is 4.73. The molecule has 218 valence electrons. The molecule has 1 aliphatic rings. The summed E-state index contributed by atoms with van der Waals surface area (Å²) in [5, 5.41) is 15.4. The minimum absolute atomic E-state index is 0.0128. The van der Waals surface area contributed by atoms with Gasteiger partial charge in [0.05, 0.1) is 16.7 Å². The van der Waals surface area contributed by atoms with E-state index < -0.39 is 52.9 Å². The third-order valence-electron chi connectivity index (χ3n) is 6.99. The summed E-state index contributed by atoms with van der Waals surface area (Å²) < 4.78 is 53.4. The van der Waals surface area contributed by atoms with Gasteiger partial charge in [-0.05, 0) is 66.1 Å². The van der Waals surface area contributed by atoms with Crippen molar-refractivity contribution in [2.45, 2.75) is 71.1 Å². The van der Waals surface area contributed by atoms with Gasteiger partial charge in [-0.2, -0.15) is 13.2 Å². The molecule has 1 atom stereocenters. The second-order valence-electron chi connectivity index (χ2n) is 11.4. The number of hydrogen-bond donors (Lipinski definition) is 3. The number of likely N-dealkylation sites (tertiary alicyclic amines) is 1. The normalized spacial score (nSPS) is 15.6. The fraction of sp³-hybridized carbons (Fsp3) is 0.483. The highest BCUT2D eigenvalue weighted by atomic mass is 19.4. The Hall–Kier alpha value is -3.63. The summed E-state index contributed by atoms with van der Waals surface area (Å²) in [4.78, 5) is 39.3. The van der Waals surface area contributed by atoms with E-state index in [4.69, 9.17) is 0 Å². The number of aromatic carboxylic acids is 1. The molecule has 1 heterocycles. The van der Waals surface area contributed by atoms with Gasteiger partial charge in [-0.1, -0.05) is 34.6 Å². The third kappa shape index (κ3) is 7.31. The number of carbonyl (C=O) groups is 3. The predicted octanol–water partition coefficient (Wildman–Crippen LogP) is 5.70. The first kappa shape index (κ1) is 30.9. The molecule has 0 radical (unpaired) electrons. The molecular formula is C29H35F4N3O4. The number of piperidine rings is 1. The topological polar surface area (TPSA) is 98.7 Å². The standard InChI is InChI=1S/C29H35F4N3O4/c1-16(2)24(35-25(37)21-14-17(29(31,32)33)6-9-23(21)30)26(38)36-12-10-18(11-13-36)34-19-7-8-20(27(39)40)22(15-19)28(3,4)5/h6-9,14-16,18,24,34H,10-13H2,1-5H3,(H,35,37)(H,39,40)/t24-/m1/s1. The van der Waals surface area contributed by atoms with Crippen molar-refractivity contribution in [3.8, 4) is 0 Å². The first-order valence-corrected chi connectivity index (χ1v) is 13.1. The predicted molar refractivity (Wildman–Crippen MR) is 143 cm³/mol. The van der Waals surface area contributed by atoms with E-state index in [0.717, 1.165) is 5.69 Å². The molecule has 0 spiro atoms. The van der Waals surface area contributed by atoms with Gasteiger partial charge in [0.25, 0.3) is 5.91 Å². The summed E-state index contributed by atoms with van der Waals surface area (Å²) in [5.41, 5.74) is -0.604. The van der Waals surface area contributed by atoms with Gasteiger partial charge in [-0.15, -0.1) is 0 Å². The number of nitrogens with one attached hydrogen (secondary N) is 2. The molecule has 0 unspecified atom stereocenters. The van der Waals surface area contributed by atoms with Crippen LogP contribution >= 0.6 is 0 Å². The van der Waals surface area contributed by atoms with Crippen molar-refractivity contribution in [2.75, 3.05) is 18.4 Å². The van der Waals surface area contributed by atoms with Gasteiger partial charge < -0.3 is 20.6 Å². The van der Waals surface area contributed by atoms with Crippen molar-refractivity contribution in [3.63, 3.8) is 0 Å². The second kappa shape index (κ2) is 11.9. The van der Waals surface area contributed by atoms with Gasteiger partial charge >= 0.3 is 12.1 Å². The zero-order chi connectivity index (χ0) is 30.0. The highest BCUT2D eigenvalue weighted by Crippen LogP contribution is 2.31. The van der Waals surface area contributed by atoms with E-state index in [-0.39, 0.29) is 17.0 Å². The zero-order valence-electron chi connectivity index (χ0n) is 23.2. The second-order valence-corrected chi connectivity index (χ2v) is 11.4. The van der Waals surface area contributed by atoms with Crippen LogP contribution in [0.25, 0.3) is 0 Å². The van der Waals surface area contributed by atoms with Crippen LogP contribution in [-0.4, -0.2) is 53.0 Å². The van der Waals surface area contributed by atoms with Crippen LogP contribution in [0.1, 0.15) is 79.3 Å². The van der Waals surface area contributed by atoms with Crippen LogP contribution < -0.4 is 10.6 Å². The van der Waals surface area contributed by atoms with Crippen molar-refractivity contribution >= 4 is 23.5 Å². The van der Waals surface area contributed by atoms with E-state index in [1.165, 1.54) is 0 Å². The number of rotatable bonds is 7. The van der Waals surface area contributed by atoms with Crippen molar-refractivity contribution in [3.05, 3.63) is 64.5 Å². The fourth-order valence-electron chi connectivity index (χ4n) is 4.73. The number of alkyl halides is 3. The average molecular weight is 566 g/mol. The smallest absolute Gasteiger partial charge is 0.416 e. The number of hydrogen-bond acceptors (Lipinski definition) is 4. The number of benzene rings is 2. The minimum Gasteiger partial charge on any atom is -0.478 e. The molecule has 3 N–H and O–H groups in total. The molecule has 0 bridgehead atoms. The number of nitrogens with zero attached hydrogens (tertiary/aromatic N) is 1. The molecule has 40 heavy (non-hydrogen) atoms. The van der Waals surface area contributed by atoms with E-state index in [1.54, 1.807) is 30.9 Å². The molecular weight excluding hydrogens is 530 g/mol. The molecule has 0 aliphatic carbocycles. The Morgan fingerprint density at radius 2 is 1.60 bits per heavy atom. The quantitative estimate of drug-likeness (QED) is 0.375. The average Bonchev–Trinajstić information content (AvgIpc) is 2.86. The van der Waals surface area contributed by atoms with Crippen molar-refractivity contribution in [2.24, 2.45) is 5.92 Å². The van der Waals surface area contributed by atoms with Crippen molar-refractivity contribution in [1.29, 1.82) is 0 Å². The van der Waals surface area contributed by atoms with Crippen molar-refractivity contribution < 1.29 is 37.1 Å². The number of anilines is 1. The Bertz CT molecular complexity index is 1260. The molecule has 0 saturated carbocycles. The molecule has 7 nitrogen and oxygen atoms in total. The number of halogens is 4. The first-order chi connectivity index (χ1) is 18.5. The lowest BCUT2D eigenvalue weighted by atomic mass is 9.83. The van der Waals surface area contributed by atoms with Crippen LogP contribution in [0.15, 0.2) is 36.4 Å². The third-order valence-corrected chi connectivity index (χ3v) is 6.99. The van der Waals surface area contributed by atoms with Crippen LogP contribution in [0.5, 0.6) is 0 Å². The Kier molecular flexibility index (Phi) is 9.16. The van der Waals surface area contributed by atoms with Crippen LogP contribution in [0.2, 0.25) is 0 Å². The lowest BCUT2D eigenvalue weighted by Gasteiger charge is -2.36. The SMILES string of the molecule is CC(C)[C@@H](NC(=O)c1cc(C(F)(F)F)ccc1F)C(=O)N1CCC(Nc2ccc(C(=O)O)c(C(C)(C)C)c2)CC1. The largest absolute Gasteiger partial charge is 0.478 e. The number of carbonyl (C=O) groups excluding carboxylic acids is 2. The first-order valence-electron chi connectivity index (χ1n) is 13.1. The lowest BCUT2D eigenvalue weighted by Crippen LogP contribution is -2.54. The maximum atomic E-state index is 14.2. The number of carboxylic acids is 1. The van der Waals surface area contributed by atoms with E-state index in [2.05, 4.69) is 10.6 Å². The van der Waals surface area contributed by atoms with Crippen LogP contribution in [0, 0.1) is 11.7 Å². The van der Waals surface area contributed by atoms with Gasteiger partial charge in [0.1, 0.15) is 11.9 Å². The van der Waals surface area contributed by atoms with E-state index in [9.17, 15) is 37.1 Å². The maximum absolute atomic E-state index is 14.2. The van der Waals surface area contributed by atoms with Crippen molar-refractivity contribution in [1.82, 2.24) is 10.2 Å². The van der Waals surface area contributed by atoms with E-state index >= 15 is 0 Å². The highest BCUT2D eigenvalue weighted by molar-refractivity contribution is 5.98. The van der Waals surface area contributed by atoms with E-state index in [0.29, 0.717) is 49.7 Å². The highest BCUT2D eigenvalue weighted by Gasteiger charge is 2.34. The van der Waals surface area contributed by atoms with Gasteiger partial charge in [-0.3, -0.25) is 9.59 Å². The molecule has 2 aromatic carbocycles. The summed E-state index contributed by atoms with van der Waals surface area (Å²) in [5.74, 6) is -3.99. The summed E-state index contributed by atoms with van der Waals surface area (Å²) in [6.07, 6.45) is -3.59. The van der Waals surface area contributed by atoms with Crippen LogP contribution in [-0.2, 0) is 16.4 Å². The number of carboxylic acid groups (broad SMARTS) is 1. The van der Waals surface area contributed by atoms with Gasteiger partial charge in [0.15, 0.2) is 0 Å². The summed E-state index contributed by atoms with van der Waals surface area (Å²) in [6, 6.07) is 5.67. The molecule has 1 fully saturated rings. The number of amides is 2. The molecule has 11 heteroatoms. The van der Waals surface area contributed by atoms with Crippen LogP contribution in [0.4, 0.5) is 23.2 Å². The molecule has 2 aromatic rings. The summed E-state index contributed by atoms with van der Waals surface area (Å²) >= 11 is 0. The molecule has 1 saturated heterocycles. The minimum atomic E-state index is -4.75. The summed E-state index contributed by atoms with van der Waals surface area (Å²) in [7, 11) is 0.